The van der Waals surface area contributed by atoms with Crippen molar-refractivity contribution < 1.29 is 0 Å². The third-order valence-electron chi connectivity index (χ3n) is 2.79. The Labute approximate surface area is 117 Å². The maximum Gasteiger partial charge on any atom is 0.172 e. The van der Waals surface area contributed by atoms with Gasteiger partial charge in [-0.05, 0) is 30.5 Å². The van der Waals surface area contributed by atoms with Gasteiger partial charge < -0.3 is 0 Å². The van der Waals surface area contributed by atoms with Crippen molar-refractivity contribution >= 4 is 23.2 Å². The van der Waals surface area contributed by atoms with Crippen LogP contribution in [0.15, 0.2) is 18.3 Å². The third kappa shape index (κ3) is 2.52. The van der Waals surface area contributed by atoms with E-state index in [1.165, 1.54) is 0 Å². The Balaban J connectivity index is 2.50. The van der Waals surface area contributed by atoms with Crippen LogP contribution in [0.3, 0.4) is 0 Å². The van der Waals surface area contributed by atoms with Gasteiger partial charge in [0.2, 0.25) is 0 Å². The number of nitrogens with zero attached hydrogens (tertiary/aromatic N) is 3. The predicted molar refractivity (Wildman–Crippen MR) is 74.7 cm³/mol. The van der Waals surface area contributed by atoms with Gasteiger partial charge in [-0.15, -0.1) is 11.6 Å². The van der Waals surface area contributed by atoms with E-state index in [1.807, 2.05) is 10.7 Å². The summed E-state index contributed by atoms with van der Waals surface area (Å²) in [6, 6.07) is 3.93. The maximum absolute atomic E-state index is 6.24. The second kappa shape index (κ2) is 5.72. The molecule has 0 saturated carbocycles. The van der Waals surface area contributed by atoms with Crippen molar-refractivity contribution in [3.63, 3.8) is 0 Å². The van der Waals surface area contributed by atoms with Crippen molar-refractivity contribution in [3.05, 3.63) is 40.3 Å². The second-order valence-electron chi connectivity index (χ2n) is 4.03. The van der Waals surface area contributed by atoms with E-state index in [2.05, 4.69) is 30.0 Å². The number of aryl methyl sites for hydroxylation is 2. The summed E-state index contributed by atoms with van der Waals surface area (Å²) in [6.07, 6.45) is 3.53. The number of hydrogen-bond donors (Lipinski definition) is 0. The summed E-state index contributed by atoms with van der Waals surface area (Å²) < 4.78 is 1.82. The summed E-state index contributed by atoms with van der Waals surface area (Å²) in [7, 11) is 0. The van der Waals surface area contributed by atoms with Crippen LogP contribution in [0.5, 0.6) is 0 Å². The highest BCUT2D eigenvalue weighted by atomic mass is 35.5. The molecule has 2 aromatic heterocycles. The summed E-state index contributed by atoms with van der Waals surface area (Å²) in [5, 5.41) is 5.10. The number of halogens is 2. The molecule has 0 aromatic carbocycles. The van der Waals surface area contributed by atoms with Crippen LogP contribution < -0.4 is 0 Å². The van der Waals surface area contributed by atoms with Crippen molar-refractivity contribution in [2.45, 2.75) is 32.6 Å². The van der Waals surface area contributed by atoms with Crippen LogP contribution in [0.1, 0.15) is 30.8 Å². The summed E-state index contributed by atoms with van der Waals surface area (Å²) in [4.78, 5) is 4.36. The van der Waals surface area contributed by atoms with Gasteiger partial charge in [0.15, 0.2) is 5.82 Å². The van der Waals surface area contributed by atoms with E-state index >= 15 is 0 Å². The first-order chi connectivity index (χ1) is 8.69. The highest BCUT2D eigenvalue weighted by Gasteiger charge is 2.12. The topological polar surface area (TPSA) is 30.7 Å². The number of pyridine rings is 1. The zero-order valence-corrected chi connectivity index (χ0v) is 12.0. The van der Waals surface area contributed by atoms with Crippen LogP contribution in [-0.4, -0.2) is 14.8 Å². The Hall–Kier alpha value is -1.06. The molecule has 2 rings (SSSR count). The number of aromatic nitrogens is 3. The smallest absolute Gasteiger partial charge is 0.172 e. The average molecular weight is 284 g/mol. The van der Waals surface area contributed by atoms with Gasteiger partial charge in [0.1, 0.15) is 0 Å². The maximum atomic E-state index is 6.24. The molecule has 3 nitrogen and oxygen atoms in total. The zero-order valence-electron chi connectivity index (χ0n) is 10.5. The minimum atomic E-state index is 0.410. The first kappa shape index (κ1) is 13.4. The van der Waals surface area contributed by atoms with E-state index in [9.17, 15) is 0 Å². The molecule has 2 heterocycles. The minimum Gasteiger partial charge on any atom is -0.235 e. The summed E-state index contributed by atoms with van der Waals surface area (Å²) >= 11 is 12.0. The van der Waals surface area contributed by atoms with Gasteiger partial charge in [-0.25, -0.2) is 9.67 Å². The van der Waals surface area contributed by atoms with Crippen molar-refractivity contribution in [1.29, 1.82) is 0 Å². The van der Waals surface area contributed by atoms with Crippen molar-refractivity contribution in [3.8, 4) is 5.82 Å². The normalized spacial score (nSPS) is 10.9. The van der Waals surface area contributed by atoms with Crippen LogP contribution >= 0.6 is 23.2 Å². The van der Waals surface area contributed by atoms with E-state index in [0.29, 0.717) is 16.7 Å². The highest BCUT2D eigenvalue weighted by molar-refractivity contribution is 6.32. The first-order valence-electron chi connectivity index (χ1n) is 5.98. The van der Waals surface area contributed by atoms with Crippen molar-refractivity contribution in [1.82, 2.24) is 14.8 Å². The molecule has 0 spiro atoms. The van der Waals surface area contributed by atoms with Crippen LogP contribution in [0.25, 0.3) is 5.82 Å². The molecule has 0 aliphatic rings. The van der Waals surface area contributed by atoms with Gasteiger partial charge in [-0.3, -0.25) is 0 Å². The fourth-order valence-electron chi connectivity index (χ4n) is 1.78. The summed E-state index contributed by atoms with van der Waals surface area (Å²) in [5.74, 6) is 1.08. The quantitative estimate of drug-likeness (QED) is 0.800. The molecule has 0 bridgehead atoms. The Morgan fingerprint density at radius 3 is 2.56 bits per heavy atom. The fourth-order valence-corrected chi connectivity index (χ4v) is 2.20. The van der Waals surface area contributed by atoms with Crippen LogP contribution in [0.2, 0.25) is 5.02 Å². The lowest BCUT2D eigenvalue weighted by Crippen LogP contribution is -2.05. The van der Waals surface area contributed by atoms with Crippen molar-refractivity contribution in [2.24, 2.45) is 0 Å². The molecule has 0 radical (unpaired) electrons. The predicted octanol–water partition coefficient (Wildman–Crippen LogP) is 3.78. The fraction of sp³-hybridized carbons (Fsp3) is 0.385. The molecular formula is C13H15Cl2N3. The molecule has 5 heteroatoms. The van der Waals surface area contributed by atoms with Gasteiger partial charge in [-0.2, -0.15) is 5.10 Å². The van der Waals surface area contributed by atoms with E-state index in [1.54, 1.807) is 6.20 Å². The van der Waals surface area contributed by atoms with Gasteiger partial charge >= 0.3 is 0 Å². The molecule has 0 unspecified atom stereocenters. The summed E-state index contributed by atoms with van der Waals surface area (Å²) in [5.41, 5.74) is 3.07. The Morgan fingerprint density at radius 2 is 2.00 bits per heavy atom. The molecule has 0 atom stereocenters. The standard InChI is InChI=1S/C13H15Cl2N3/c1-3-10-6-11(4-2)18(17-10)13-12(15)5-9(7-14)8-16-13/h5-6,8H,3-4,7H2,1-2H3. The highest BCUT2D eigenvalue weighted by Crippen LogP contribution is 2.22. The van der Waals surface area contributed by atoms with Gasteiger partial charge in [0.25, 0.3) is 0 Å². The lowest BCUT2D eigenvalue weighted by molar-refractivity contribution is 0.771. The van der Waals surface area contributed by atoms with Crippen molar-refractivity contribution in [2.75, 3.05) is 0 Å². The van der Waals surface area contributed by atoms with E-state index in [4.69, 9.17) is 23.2 Å². The lowest BCUT2D eigenvalue weighted by atomic mass is 10.2. The summed E-state index contributed by atoms with van der Waals surface area (Å²) in [6.45, 7) is 4.17. The molecule has 0 saturated heterocycles. The van der Waals surface area contributed by atoms with Crippen LogP contribution in [0, 0.1) is 0 Å². The number of alkyl halides is 1. The molecule has 0 aliphatic heterocycles. The van der Waals surface area contributed by atoms with Gasteiger partial charge in [0, 0.05) is 17.8 Å². The lowest BCUT2D eigenvalue weighted by Gasteiger charge is -2.07. The van der Waals surface area contributed by atoms with Gasteiger partial charge in [-0.1, -0.05) is 25.4 Å². The largest absolute Gasteiger partial charge is 0.235 e. The van der Waals surface area contributed by atoms with Crippen LogP contribution in [0.4, 0.5) is 0 Å². The average Bonchev–Trinajstić information content (AvgIpc) is 2.81. The molecule has 96 valence electrons. The Morgan fingerprint density at radius 1 is 1.22 bits per heavy atom. The molecule has 2 aromatic rings. The molecule has 18 heavy (non-hydrogen) atoms. The molecular weight excluding hydrogens is 269 g/mol. The monoisotopic (exact) mass is 283 g/mol. The number of rotatable bonds is 4. The van der Waals surface area contributed by atoms with Crippen LogP contribution in [-0.2, 0) is 18.7 Å². The Kier molecular flexibility index (Phi) is 4.25. The van der Waals surface area contributed by atoms with E-state index in [-0.39, 0.29) is 0 Å². The second-order valence-corrected chi connectivity index (χ2v) is 4.70. The zero-order chi connectivity index (χ0) is 13.1. The minimum absolute atomic E-state index is 0.410. The SMILES string of the molecule is CCc1cc(CC)n(-c2ncc(CCl)cc2Cl)n1. The first-order valence-corrected chi connectivity index (χ1v) is 6.89. The third-order valence-corrected chi connectivity index (χ3v) is 3.38. The molecule has 0 aliphatic carbocycles. The molecule has 0 amide bonds. The number of hydrogen-bond acceptors (Lipinski definition) is 2. The van der Waals surface area contributed by atoms with Gasteiger partial charge in [0.05, 0.1) is 10.7 Å². The Bertz CT molecular complexity index is 549. The molecule has 0 fully saturated rings. The van der Waals surface area contributed by atoms with E-state index < -0.39 is 0 Å². The molecule has 0 N–H and O–H groups in total. The van der Waals surface area contributed by atoms with E-state index in [0.717, 1.165) is 29.8 Å².